The summed E-state index contributed by atoms with van der Waals surface area (Å²) in [4.78, 5) is 36.5. The van der Waals surface area contributed by atoms with E-state index in [1.165, 1.54) is 12.1 Å². The number of nitrogens with zero attached hydrogens (tertiary/aromatic N) is 1. The molecule has 32 heavy (non-hydrogen) atoms. The maximum absolute atomic E-state index is 13.3. The third-order valence-electron chi connectivity index (χ3n) is 4.56. The van der Waals surface area contributed by atoms with E-state index in [1.807, 2.05) is 19.9 Å². The summed E-state index contributed by atoms with van der Waals surface area (Å²) >= 11 is 0. The van der Waals surface area contributed by atoms with Crippen molar-refractivity contribution in [1.29, 1.82) is 0 Å². The van der Waals surface area contributed by atoms with Crippen molar-refractivity contribution < 1.29 is 14.5 Å². The third kappa shape index (κ3) is 5.66. The van der Waals surface area contributed by atoms with Gasteiger partial charge < -0.3 is 10.6 Å². The summed E-state index contributed by atoms with van der Waals surface area (Å²) in [6, 6.07) is 21.7. The van der Waals surface area contributed by atoms with Crippen LogP contribution in [0.3, 0.4) is 0 Å². The first-order chi connectivity index (χ1) is 15.3. The van der Waals surface area contributed by atoms with Gasteiger partial charge in [-0.05, 0) is 43.2 Å². The first-order valence-corrected chi connectivity index (χ1v) is 10.1. The molecule has 0 saturated heterocycles. The first kappa shape index (κ1) is 22.4. The van der Waals surface area contributed by atoms with Crippen molar-refractivity contribution in [3.8, 4) is 0 Å². The van der Waals surface area contributed by atoms with Crippen LogP contribution in [0, 0.1) is 10.1 Å². The predicted octanol–water partition coefficient (Wildman–Crippen LogP) is 4.91. The number of para-hydroxylation sites is 1. The Kier molecular flexibility index (Phi) is 7.13. The SMILES string of the molecule is CC(C)NC(=O)c1ccccc1NC(=O)/C(=C/c1cccc([N+](=O)[O-])c1)c1ccccc1. The summed E-state index contributed by atoms with van der Waals surface area (Å²) in [5.41, 5.74) is 2.11. The molecule has 0 aliphatic rings. The monoisotopic (exact) mass is 429 g/mol. The summed E-state index contributed by atoms with van der Waals surface area (Å²) in [5, 5.41) is 16.8. The molecule has 0 aliphatic carbocycles. The van der Waals surface area contributed by atoms with Gasteiger partial charge in [0.1, 0.15) is 0 Å². The Morgan fingerprint density at radius 3 is 2.31 bits per heavy atom. The fraction of sp³-hybridized carbons (Fsp3) is 0.120. The Labute approximate surface area is 185 Å². The van der Waals surface area contributed by atoms with Crippen molar-refractivity contribution in [2.45, 2.75) is 19.9 Å². The van der Waals surface area contributed by atoms with E-state index in [0.29, 0.717) is 28.0 Å². The zero-order valence-corrected chi connectivity index (χ0v) is 17.7. The lowest BCUT2D eigenvalue weighted by molar-refractivity contribution is -0.384. The van der Waals surface area contributed by atoms with E-state index in [9.17, 15) is 19.7 Å². The quantitative estimate of drug-likeness (QED) is 0.241. The molecular formula is C25H23N3O4. The lowest BCUT2D eigenvalue weighted by atomic mass is 10.0. The van der Waals surface area contributed by atoms with Crippen LogP contribution < -0.4 is 10.6 Å². The zero-order chi connectivity index (χ0) is 23.1. The highest BCUT2D eigenvalue weighted by molar-refractivity contribution is 6.29. The molecular weight excluding hydrogens is 406 g/mol. The van der Waals surface area contributed by atoms with E-state index in [2.05, 4.69) is 10.6 Å². The number of nitrogens with one attached hydrogen (secondary N) is 2. The molecule has 2 N–H and O–H groups in total. The fourth-order valence-corrected chi connectivity index (χ4v) is 3.11. The number of benzene rings is 3. The molecule has 0 heterocycles. The van der Waals surface area contributed by atoms with Crippen LogP contribution in [-0.2, 0) is 4.79 Å². The number of carbonyl (C=O) groups excluding carboxylic acids is 2. The predicted molar refractivity (Wildman–Crippen MR) is 125 cm³/mol. The standard InChI is InChI=1S/C25H23N3O4/c1-17(2)26-24(29)21-13-6-7-14-23(21)27-25(30)22(19-10-4-3-5-11-19)16-18-9-8-12-20(15-18)28(31)32/h3-17H,1-2H3,(H,26,29)(H,27,30)/b22-16+. The lowest BCUT2D eigenvalue weighted by Crippen LogP contribution is -2.31. The number of hydrogen-bond acceptors (Lipinski definition) is 4. The molecule has 0 saturated carbocycles. The normalized spacial score (nSPS) is 11.2. The highest BCUT2D eigenvalue weighted by Gasteiger charge is 2.17. The smallest absolute Gasteiger partial charge is 0.270 e. The first-order valence-electron chi connectivity index (χ1n) is 10.1. The van der Waals surface area contributed by atoms with Crippen LogP contribution in [0.4, 0.5) is 11.4 Å². The second kappa shape index (κ2) is 10.2. The van der Waals surface area contributed by atoms with Gasteiger partial charge in [-0.25, -0.2) is 0 Å². The van der Waals surface area contributed by atoms with E-state index >= 15 is 0 Å². The molecule has 0 aliphatic heterocycles. The van der Waals surface area contributed by atoms with Gasteiger partial charge in [0.25, 0.3) is 17.5 Å². The minimum absolute atomic E-state index is 0.0556. The Morgan fingerprint density at radius 1 is 0.938 bits per heavy atom. The van der Waals surface area contributed by atoms with Crippen LogP contribution in [0.15, 0.2) is 78.9 Å². The van der Waals surface area contributed by atoms with Crippen LogP contribution >= 0.6 is 0 Å². The Bertz CT molecular complexity index is 1170. The molecule has 0 spiro atoms. The number of nitro groups is 1. The molecule has 0 radical (unpaired) electrons. The van der Waals surface area contributed by atoms with Gasteiger partial charge in [0, 0.05) is 23.7 Å². The molecule has 3 aromatic carbocycles. The maximum Gasteiger partial charge on any atom is 0.270 e. The van der Waals surface area contributed by atoms with Gasteiger partial charge in [0.05, 0.1) is 16.2 Å². The molecule has 0 atom stereocenters. The van der Waals surface area contributed by atoms with E-state index in [4.69, 9.17) is 0 Å². The zero-order valence-electron chi connectivity index (χ0n) is 17.7. The largest absolute Gasteiger partial charge is 0.350 e. The van der Waals surface area contributed by atoms with E-state index < -0.39 is 10.8 Å². The van der Waals surface area contributed by atoms with Gasteiger partial charge in [-0.1, -0.05) is 54.6 Å². The van der Waals surface area contributed by atoms with Crippen LogP contribution in [0.1, 0.15) is 35.3 Å². The Balaban J connectivity index is 1.99. The molecule has 3 rings (SSSR count). The number of hydrogen-bond donors (Lipinski definition) is 2. The molecule has 3 aromatic rings. The van der Waals surface area contributed by atoms with Gasteiger partial charge in [0.2, 0.25) is 0 Å². The Morgan fingerprint density at radius 2 is 1.62 bits per heavy atom. The number of rotatable bonds is 7. The minimum Gasteiger partial charge on any atom is -0.350 e. The van der Waals surface area contributed by atoms with Crippen molar-refractivity contribution in [1.82, 2.24) is 5.32 Å². The lowest BCUT2D eigenvalue weighted by Gasteiger charge is -2.14. The molecule has 2 amide bonds. The average Bonchev–Trinajstić information content (AvgIpc) is 2.78. The van der Waals surface area contributed by atoms with Crippen LogP contribution in [0.2, 0.25) is 0 Å². The molecule has 0 fully saturated rings. The number of non-ortho nitro benzene ring substituents is 1. The third-order valence-corrected chi connectivity index (χ3v) is 4.56. The second-order valence-electron chi connectivity index (χ2n) is 7.40. The summed E-state index contributed by atoms with van der Waals surface area (Å²) < 4.78 is 0. The highest BCUT2D eigenvalue weighted by atomic mass is 16.6. The molecule has 7 nitrogen and oxygen atoms in total. The molecule has 0 unspecified atom stereocenters. The van der Waals surface area contributed by atoms with Gasteiger partial charge in [-0.2, -0.15) is 0 Å². The second-order valence-corrected chi connectivity index (χ2v) is 7.40. The van der Waals surface area contributed by atoms with E-state index in [-0.39, 0.29) is 17.6 Å². The number of carbonyl (C=O) groups is 2. The topological polar surface area (TPSA) is 101 Å². The average molecular weight is 429 g/mol. The number of anilines is 1. The number of amides is 2. The molecule has 7 heteroatoms. The van der Waals surface area contributed by atoms with Gasteiger partial charge in [-0.15, -0.1) is 0 Å². The highest BCUT2D eigenvalue weighted by Crippen LogP contribution is 2.24. The van der Waals surface area contributed by atoms with Gasteiger partial charge in [0.15, 0.2) is 0 Å². The summed E-state index contributed by atoms with van der Waals surface area (Å²) in [6.07, 6.45) is 1.59. The summed E-state index contributed by atoms with van der Waals surface area (Å²) in [5.74, 6) is -0.729. The van der Waals surface area contributed by atoms with Crippen molar-refractivity contribution in [2.75, 3.05) is 5.32 Å². The maximum atomic E-state index is 13.3. The molecule has 0 aromatic heterocycles. The number of nitro benzene ring substituents is 1. The summed E-state index contributed by atoms with van der Waals surface area (Å²) in [7, 11) is 0. The molecule has 162 valence electrons. The van der Waals surface area contributed by atoms with Crippen molar-refractivity contribution in [3.63, 3.8) is 0 Å². The van der Waals surface area contributed by atoms with Gasteiger partial charge in [-0.3, -0.25) is 19.7 Å². The summed E-state index contributed by atoms with van der Waals surface area (Å²) in [6.45, 7) is 3.71. The van der Waals surface area contributed by atoms with Crippen molar-refractivity contribution >= 4 is 34.8 Å². The van der Waals surface area contributed by atoms with Crippen LogP contribution in [0.25, 0.3) is 11.6 Å². The fourth-order valence-electron chi connectivity index (χ4n) is 3.11. The van der Waals surface area contributed by atoms with E-state index in [0.717, 1.165) is 0 Å². The van der Waals surface area contributed by atoms with Crippen LogP contribution in [-0.4, -0.2) is 22.8 Å². The Hall–Kier alpha value is -4.26. The van der Waals surface area contributed by atoms with Crippen LogP contribution in [0.5, 0.6) is 0 Å². The van der Waals surface area contributed by atoms with Gasteiger partial charge >= 0.3 is 0 Å². The minimum atomic E-state index is -0.483. The van der Waals surface area contributed by atoms with Crippen molar-refractivity contribution in [3.05, 3.63) is 106 Å². The van der Waals surface area contributed by atoms with E-state index in [1.54, 1.807) is 66.7 Å². The molecule has 0 bridgehead atoms. The van der Waals surface area contributed by atoms with Crippen molar-refractivity contribution in [2.24, 2.45) is 0 Å².